The highest BCUT2D eigenvalue weighted by atomic mass is 32.2. The molecule has 0 bridgehead atoms. The maximum atomic E-state index is 12.0. The quantitative estimate of drug-likeness (QED) is 0.795. The minimum absolute atomic E-state index is 0.0127. The number of carboxylic acids is 1. The number of hydrogen-bond donors (Lipinski definition) is 2. The Morgan fingerprint density at radius 3 is 2.45 bits per heavy atom. The number of benzene rings is 1. The van der Waals surface area contributed by atoms with Crippen LogP contribution in [-0.2, 0) is 16.0 Å². The van der Waals surface area contributed by atoms with Crippen LogP contribution in [0.2, 0.25) is 0 Å². The van der Waals surface area contributed by atoms with Gasteiger partial charge in [-0.15, -0.1) is 0 Å². The molecule has 1 rings (SSSR count). The molecule has 0 saturated carbocycles. The fraction of sp³-hybridized carbons (Fsp3) is 0.400. The van der Waals surface area contributed by atoms with E-state index in [-0.39, 0.29) is 11.5 Å². The van der Waals surface area contributed by atoms with Crippen LogP contribution in [0.15, 0.2) is 30.3 Å². The molecule has 2 amide bonds. The summed E-state index contributed by atoms with van der Waals surface area (Å²) in [7, 11) is 1.57. The van der Waals surface area contributed by atoms with Crippen LogP contribution < -0.4 is 5.32 Å². The average Bonchev–Trinajstić information content (AvgIpc) is 2.46. The molecule has 1 atom stereocenters. The summed E-state index contributed by atoms with van der Waals surface area (Å²) in [4.78, 5) is 35.5. The van der Waals surface area contributed by atoms with Crippen LogP contribution in [0.3, 0.4) is 0 Å². The summed E-state index contributed by atoms with van der Waals surface area (Å²) in [5, 5.41) is 11.7. The van der Waals surface area contributed by atoms with Crippen molar-refractivity contribution in [2.24, 2.45) is 0 Å². The molecule has 0 aliphatic heterocycles. The molecule has 7 heteroatoms. The van der Waals surface area contributed by atoms with Crippen LogP contribution in [-0.4, -0.2) is 52.5 Å². The summed E-state index contributed by atoms with van der Waals surface area (Å²) in [5.41, 5.74) is 0.838. The zero-order chi connectivity index (χ0) is 16.5. The SMILES string of the molecule is CC(=O)SCCN(C)C(=O)N[C@@H](Cc1ccccc1)C(=O)O. The molecule has 22 heavy (non-hydrogen) atoms. The molecule has 0 radical (unpaired) electrons. The minimum atomic E-state index is -1.08. The average molecular weight is 324 g/mol. The Morgan fingerprint density at radius 1 is 1.27 bits per heavy atom. The van der Waals surface area contributed by atoms with E-state index in [0.29, 0.717) is 12.3 Å². The first kappa shape index (κ1) is 18.0. The fourth-order valence-electron chi connectivity index (χ4n) is 1.74. The third-order valence-electron chi connectivity index (χ3n) is 2.96. The number of nitrogens with one attached hydrogen (secondary N) is 1. The number of urea groups is 1. The van der Waals surface area contributed by atoms with Crippen molar-refractivity contribution < 1.29 is 19.5 Å². The number of rotatable bonds is 7. The molecule has 0 aliphatic rings. The summed E-state index contributed by atoms with van der Waals surface area (Å²) < 4.78 is 0. The van der Waals surface area contributed by atoms with Gasteiger partial charge in [0.05, 0.1) is 0 Å². The van der Waals surface area contributed by atoms with Gasteiger partial charge in [-0.25, -0.2) is 9.59 Å². The maximum Gasteiger partial charge on any atom is 0.326 e. The topological polar surface area (TPSA) is 86.7 Å². The number of aliphatic carboxylic acids is 1. The molecule has 0 saturated heterocycles. The van der Waals surface area contributed by atoms with Crippen molar-refractivity contribution in [2.45, 2.75) is 19.4 Å². The number of carbonyl (C=O) groups is 3. The Labute approximate surface area is 133 Å². The first-order valence-corrected chi connectivity index (χ1v) is 7.80. The lowest BCUT2D eigenvalue weighted by Gasteiger charge is -2.21. The molecule has 1 aromatic rings. The van der Waals surface area contributed by atoms with Crippen LogP contribution in [0.25, 0.3) is 0 Å². The summed E-state index contributed by atoms with van der Waals surface area (Å²) in [6.45, 7) is 1.83. The highest BCUT2D eigenvalue weighted by Crippen LogP contribution is 2.05. The van der Waals surface area contributed by atoms with E-state index < -0.39 is 18.0 Å². The van der Waals surface area contributed by atoms with Gasteiger partial charge in [-0.05, 0) is 5.56 Å². The lowest BCUT2D eigenvalue weighted by atomic mass is 10.1. The van der Waals surface area contributed by atoms with Crippen molar-refractivity contribution in [2.75, 3.05) is 19.3 Å². The predicted molar refractivity (Wildman–Crippen MR) is 85.9 cm³/mol. The zero-order valence-corrected chi connectivity index (χ0v) is 13.4. The van der Waals surface area contributed by atoms with Gasteiger partial charge in [0.25, 0.3) is 0 Å². The van der Waals surface area contributed by atoms with Crippen molar-refractivity contribution in [1.82, 2.24) is 10.2 Å². The van der Waals surface area contributed by atoms with Gasteiger partial charge >= 0.3 is 12.0 Å². The van der Waals surface area contributed by atoms with Gasteiger partial charge in [-0.1, -0.05) is 42.1 Å². The molecule has 1 aromatic carbocycles. The maximum absolute atomic E-state index is 12.0. The highest BCUT2D eigenvalue weighted by Gasteiger charge is 2.22. The third kappa shape index (κ3) is 6.62. The number of nitrogens with zero attached hydrogens (tertiary/aromatic N) is 1. The molecule has 0 aromatic heterocycles. The van der Waals surface area contributed by atoms with E-state index in [1.807, 2.05) is 30.3 Å². The van der Waals surface area contributed by atoms with E-state index >= 15 is 0 Å². The predicted octanol–water partition coefficient (Wildman–Crippen LogP) is 1.60. The fourth-order valence-corrected chi connectivity index (χ4v) is 2.39. The van der Waals surface area contributed by atoms with E-state index in [4.69, 9.17) is 0 Å². The van der Waals surface area contributed by atoms with Gasteiger partial charge in [0.2, 0.25) is 0 Å². The van der Waals surface area contributed by atoms with E-state index in [1.165, 1.54) is 11.8 Å². The van der Waals surface area contributed by atoms with Crippen molar-refractivity contribution in [3.63, 3.8) is 0 Å². The third-order valence-corrected chi connectivity index (χ3v) is 3.75. The second kappa shape index (κ2) is 9.09. The van der Waals surface area contributed by atoms with Gasteiger partial charge in [0.15, 0.2) is 5.12 Å². The van der Waals surface area contributed by atoms with Crippen molar-refractivity contribution in [3.8, 4) is 0 Å². The molecule has 0 spiro atoms. The Bertz CT molecular complexity index is 522. The number of thioether (sulfide) groups is 1. The van der Waals surface area contributed by atoms with E-state index in [0.717, 1.165) is 17.3 Å². The van der Waals surface area contributed by atoms with Crippen LogP contribution >= 0.6 is 11.8 Å². The van der Waals surface area contributed by atoms with Gasteiger partial charge < -0.3 is 15.3 Å². The summed E-state index contributed by atoms with van der Waals surface area (Å²) in [6.07, 6.45) is 0.220. The second-order valence-corrected chi connectivity index (χ2v) is 6.06. The normalized spacial score (nSPS) is 11.5. The van der Waals surface area contributed by atoms with Gasteiger partial charge in [-0.2, -0.15) is 0 Å². The van der Waals surface area contributed by atoms with Crippen LogP contribution in [0.5, 0.6) is 0 Å². The number of hydrogen-bond acceptors (Lipinski definition) is 4. The summed E-state index contributed by atoms with van der Waals surface area (Å²) >= 11 is 1.13. The van der Waals surface area contributed by atoms with Crippen LogP contribution in [0.1, 0.15) is 12.5 Å². The smallest absolute Gasteiger partial charge is 0.326 e. The molecule has 2 N–H and O–H groups in total. The number of carboxylic acid groups (broad SMARTS) is 1. The molecule has 6 nitrogen and oxygen atoms in total. The van der Waals surface area contributed by atoms with Crippen molar-refractivity contribution >= 4 is 28.9 Å². The first-order chi connectivity index (χ1) is 10.4. The molecule has 120 valence electrons. The van der Waals surface area contributed by atoms with Gasteiger partial charge in [0, 0.05) is 32.7 Å². The van der Waals surface area contributed by atoms with Crippen LogP contribution in [0, 0.1) is 0 Å². The monoisotopic (exact) mass is 324 g/mol. The van der Waals surface area contributed by atoms with Gasteiger partial charge in [-0.3, -0.25) is 4.79 Å². The van der Waals surface area contributed by atoms with Crippen molar-refractivity contribution in [3.05, 3.63) is 35.9 Å². The molecule has 0 unspecified atom stereocenters. The molecule has 0 aliphatic carbocycles. The molecule has 0 heterocycles. The standard InChI is InChI=1S/C15H20N2O4S/c1-11(18)22-9-8-17(2)15(21)16-13(14(19)20)10-12-6-4-3-5-7-12/h3-7,13H,8-10H2,1-2H3,(H,16,21)(H,19,20)/t13-/m0/s1. The second-order valence-electron chi connectivity index (χ2n) is 4.79. The molecular weight excluding hydrogens is 304 g/mol. The molecule has 0 fully saturated rings. The highest BCUT2D eigenvalue weighted by molar-refractivity contribution is 8.13. The summed E-state index contributed by atoms with van der Waals surface area (Å²) in [5.74, 6) is -0.598. The minimum Gasteiger partial charge on any atom is -0.480 e. The lowest BCUT2D eigenvalue weighted by Crippen LogP contribution is -2.48. The van der Waals surface area contributed by atoms with Crippen molar-refractivity contribution in [1.29, 1.82) is 0 Å². The molecular formula is C15H20N2O4S. The number of carbonyl (C=O) groups excluding carboxylic acids is 2. The first-order valence-electron chi connectivity index (χ1n) is 6.82. The Kier molecular flexibility index (Phi) is 7.45. The largest absolute Gasteiger partial charge is 0.480 e. The van der Waals surface area contributed by atoms with Gasteiger partial charge in [0.1, 0.15) is 6.04 Å². The number of amides is 2. The Balaban J connectivity index is 2.53. The van der Waals surface area contributed by atoms with E-state index in [1.54, 1.807) is 7.05 Å². The lowest BCUT2D eigenvalue weighted by molar-refractivity contribution is -0.139. The Morgan fingerprint density at radius 2 is 1.91 bits per heavy atom. The van der Waals surface area contributed by atoms with E-state index in [9.17, 15) is 19.5 Å². The Hall–Kier alpha value is -2.02. The van der Waals surface area contributed by atoms with E-state index in [2.05, 4.69) is 5.32 Å². The summed E-state index contributed by atoms with van der Waals surface area (Å²) in [6, 6.07) is 7.66. The zero-order valence-electron chi connectivity index (χ0n) is 12.6. The van der Waals surface area contributed by atoms with Crippen LogP contribution in [0.4, 0.5) is 4.79 Å².